The molecule has 1 atom stereocenters. The second-order valence-electron chi connectivity index (χ2n) is 11.8. The first-order valence-electron chi connectivity index (χ1n) is 14.6. The minimum Gasteiger partial charge on any atom is -0.355 e. The first kappa shape index (κ1) is 28.2. The lowest BCUT2D eigenvalue weighted by molar-refractivity contribution is -0.137. The molecule has 0 bridgehead atoms. The number of amides is 1. The normalized spacial score (nSPS) is 19.7. The molecule has 1 saturated heterocycles. The van der Waals surface area contributed by atoms with E-state index >= 15 is 0 Å². The number of nitrogens with zero attached hydrogens (tertiary/aromatic N) is 6. The van der Waals surface area contributed by atoms with Gasteiger partial charge in [0, 0.05) is 63.6 Å². The highest BCUT2D eigenvalue weighted by molar-refractivity contribution is 5.91. The van der Waals surface area contributed by atoms with Crippen LogP contribution in [0.5, 0.6) is 0 Å². The Balaban J connectivity index is 1.31. The summed E-state index contributed by atoms with van der Waals surface area (Å²) in [6.07, 6.45) is 1.68. The number of carbonyl (C=O) groups is 1. The number of benzene rings is 1. The SMILES string of the molecule is CC1CCCN1c1nc2c(c(Nc3ccc(C4(C(=O)N(C)C)CC4)cc3)n1)CCN(c1ncccc1C(F)(F)F)CC2. The number of nitrogens with one attached hydrogen (secondary N) is 1. The Hall–Kier alpha value is -3.89. The Kier molecular flexibility index (Phi) is 7.22. The molecule has 3 aliphatic rings. The molecule has 2 fully saturated rings. The van der Waals surface area contributed by atoms with Crippen LogP contribution in [0.15, 0.2) is 42.6 Å². The van der Waals surface area contributed by atoms with Gasteiger partial charge in [-0.25, -0.2) is 9.97 Å². The summed E-state index contributed by atoms with van der Waals surface area (Å²) < 4.78 is 41.4. The Morgan fingerprint density at radius 3 is 2.43 bits per heavy atom. The lowest BCUT2D eigenvalue weighted by Gasteiger charge is -2.24. The molecule has 8 nitrogen and oxygen atoms in total. The Bertz CT molecular complexity index is 1470. The zero-order valence-corrected chi connectivity index (χ0v) is 24.2. The van der Waals surface area contributed by atoms with Gasteiger partial charge >= 0.3 is 6.18 Å². The number of fused-ring (bicyclic) bond motifs is 1. The van der Waals surface area contributed by atoms with Crippen LogP contribution in [-0.2, 0) is 29.2 Å². The van der Waals surface area contributed by atoms with Crippen LogP contribution in [0.2, 0.25) is 0 Å². The van der Waals surface area contributed by atoms with Gasteiger partial charge in [-0.05, 0) is 68.9 Å². The molecule has 222 valence electrons. The maximum Gasteiger partial charge on any atom is 0.419 e. The van der Waals surface area contributed by atoms with Crippen molar-refractivity contribution in [1.29, 1.82) is 0 Å². The molecule has 1 aromatic carbocycles. The van der Waals surface area contributed by atoms with Crippen molar-refractivity contribution in [2.75, 3.05) is 48.8 Å². The smallest absolute Gasteiger partial charge is 0.355 e. The number of halogens is 3. The molecule has 2 aromatic heterocycles. The van der Waals surface area contributed by atoms with Gasteiger partial charge < -0.3 is 20.0 Å². The summed E-state index contributed by atoms with van der Waals surface area (Å²) in [7, 11) is 3.58. The van der Waals surface area contributed by atoms with Crippen molar-refractivity contribution in [2.24, 2.45) is 0 Å². The van der Waals surface area contributed by atoms with E-state index in [2.05, 4.69) is 22.1 Å². The molecule has 0 spiro atoms. The summed E-state index contributed by atoms with van der Waals surface area (Å²) in [5.74, 6) is 1.39. The predicted molar refractivity (Wildman–Crippen MR) is 156 cm³/mol. The average Bonchev–Trinajstić information content (AvgIpc) is 3.71. The van der Waals surface area contributed by atoms with Crippen molar-refractivity contribution >= 4 is 29.2 Å². The number of rotatable bonds is 6. The standard InChI is InChI=1S/C31H36F3N7O/c1-20-6-5-17-41(20)29-37-25-13-19-40(27-24(31(32,33)34)7-4-16-35-27)18-12-23(25)26(38-29)36-22-10-8-21(9-11-22)30(14-15-30)28(42)39(2)3/h4,7-11,16,20H,5-6,12-15,17-19H2,1-3H3,(H,36,37,38). The van der Waals surface area contributed by atoms with Gasteiger partial charge in [-0.15, -0.1) is 0 Å². The number of carbonyl (C=O) groups excluding carboxylic acids is 1. The van der Waals surface area contributed by atoms with Crippen LogP contribution in [-0.4, -0.2) is 65.5 Å². The molecular formula is C31H36F3N7O. The van der Waals surface area contributed by atoms with Crippen molar-refractivity contribution < 1.29 is 18.0 Å². The Morgan fingerprint density at radius 1 is 1.05 bits per heavy atom. The summed E-state index contributed by atoms with van der Waals surface area (Å²) >= 11 is 0. The van der Waals surface area contributed by atoms with E-state index in [1.54, 1.807) is 23.9 Å². The number of aromatic nitrogens is 3. The molecule has 1 amide bonds. The predicted octanol–water partition coefficient (Wildman–Crippen LogP) is 5.35. The molecule has 4 heterocycles. The average molecular weight is 580 g/mol. The van der Waals surface area contributed by atoms with E-state index in [0.29, 0.717) is 43.7 Å². The lowest BCUT2D eigenvalue weighted by Crippen LogP contribution is -2.33. The van der Waals surface area contributed by atoms with Crippen molar-refractivity contribution in [2.45, 2.75) is 63.1 Å². The van der Waals surface area contributed by atoms with E-state index in [9.17, 15) is 18.0 Å². The maximum absolute atomic E-state index is 13.8. The minimum absolute atomic E-state index is 0.0504. The summed E-state index contributed by atoms with van der Waals surface area (Å²) in [4.78, 5) is 32.4. The van der Waals surface area contributed by atoms with E-state index < -0.39 is 17.2 Å². The topological polar surface area (TPSA) is 77.5 Å². The van der Waals surface area contributed by atoms with Crippen molar-refractivity contribution in [1.82, 2.24) is 19.9 Å². The van der Waals surface area contributed by atoms with Crippen LogP contribution in [0.25, 0.3) is 0 Å². The van der Waals surface area contributed by atoms with Crippen molar-refractivity contribution in [3.05, 3.63) is 65.0 Å². The van der Waals surface area contributed by atoms with Gasteiger partial charge in [0.25, 0.3) is 0 Å². The quantitative estimate of drug-likeness (QED) is 0.422. The fourth-order valence-electron chi connectivity index (χ4n) is 6.32. The van der Waals surface area contributed by atoms with E-state index in [1.807, 2.05) is 24.3 Å². The van der Waals surface area contributed by atoms with E-state index in [-0.39, 0.29) is 11.7 Å². The van der Waals surface area contributed by atoms with Crippen LogP contribution >= 0.6 is 0 Å². The monoisotopic (exact) mass is 579 g/mol. The highest BCUT2D eigenvalue weighted by atomic mass is 19.4. The van der Waals surface area contributed by atoms with Crippen LogP contribution in [0.1, 0.15) is 55.0 Å². The zero-order valence-electron chi connectivity index (χ0n) is 24.2. The second kappa shape index (κ2) is 10.7. The lowest BCUT2D eigenvalue weighted by atomic mass is 9.94. The maximum atomic E-state index is 13.8. The number of pyridine rings is 1. The zero-order chi connectivity index (χ0) is 29.6. The number of alkyl halides is 3. The largest absolute Gasteiger partial charge is 0.419 e. The Labute approximate surface area is 244 Å². The number of hydrogen-bond acceptors (Lipinski definition) is 7. The van der Waals surface area contributed by atoms with Crippen molar-refractivity contribution in [3.63, 3.8) is 0 Å². The molecule has 1 aliphatic carbocycles. The molecular weight excluding hydrogens is 543 g/mol. The Morgan fingerprint density at radius 2 is 1.79 bits per heavy atom. The van der Waals surface area contributed by atoms with Crippen LogP contribution in [0.4, 0.5) is 36.4 Å². The first-order chi connectivity index (χ1) is 20.1. The van der Waals surface area contributed by atoms with Gasteiger partial charge in [0.2, 0.25) is 11.9 Å². The second-order valence-corrected chi connectivity index (χ2v) is 11.8. The van der Waals surface area contributed by atoms with Crippen molar-refractivity contribution in [3.8, 4) is 0 Å². The summed E-state index contributed by atoms with van der Waals surface area (Å²) in [5.41, 5.74) is 2.43. The van der Waals surface area contributed by atoms with Gasteiger partial charge in [-0.3, -0.25) is 4.79 Å². The number of anilines is 4. The molecule has 3 aromatic rings. The molecule has 42 heavy (non-hydrogen) atoms. The van der Waals surface area contributed by atoms with Crippen LogP contribution < -0.4 is 15.1 Å². The molecule has 1 N–H and O–H groups in total. The van der Waals surface area contributed by atoms with E-state index in [0.717, 1.165) is 60.8 Å². The molecule has 2 aliphatic heterocycles. The molecule has 1 unspecified atom stereocenters. The molecule has 6 rings (SSSR count). The van der Waals surface area contributed by atoms with Gasteiger partial charge in [-0.2, -0.15) is 18.2 Å². The van der Waals surface area contributed by atoms with Crippen LogP contribution in [0.3, 0.4) is 0 Å². The van der Waals surface area contributed by atoms with Gasteiger partial charge in [0.15, 0.2) is 0 Å². The highest BCUT2D eigenvalue weighted by Gasteiger charge is 2.51. The highest BCUT2D eigenvalue weighted by Crippen LogP contribution is 2.49. The third-order valence-electron chi connectivity index (χ3n) is 8.80. The molecule has 1 saturated carbocycles. The fourth-order valence-corrected chi connectivity index (χ4v) is 6.32. The van der Waals surface area contributed by atoms with E-state index in [4.69, 9.17) is 9.97 Å². The summed E-state index contributed by atoms with van der Waals surface area (Å²) in [5, 5.41) is 3.49. The number of likely N-dealkylation sites (N-methyl/N-ethyl adjacent to an activating group) is 1. The molecule has 11 heteroatoms. The van der Waals surface area contributed by atoms with Gasteiger partial charge in [0.1, 0.15) is 11.6 Å². The van der Waals surface area contributed by atoms with Gasteiger partial charge in [0.05, 0.1) is 16.7 Å². The number of hydrogen-bond donors (Lipinski definition) is 1. The van der Waals surface area contributed by atoms with Gasteiger partial charge in [-0.1, -0.05) is 12.1 Å². The third kappa shape index (κ3) is 5.25. The fraction of sp³-hybridized carbons (Fsp3) is 0.484. The van der Waals surface area contributed by atoms with Crippen LogP contribution in [0, 0.1) is 0 Å². The molecule has 0 radical (unpaired) electrons. The summed E-state index contributed by atoms with van der Waals surface area (Å²) in [6, 6.07) is 10.7. The third-order valence-corrected chi connectivity index (χ3v) is 8.80. The minimum atomic E-state index is -4.49. The first-order valence-corrected chi connectivity index (χ1v) is 14.6. The van der Waals surface area contributed by atoms with E-state index in [1.165, 1.54) is 12.3 Å². The summed E-state index contributed by atoms with van der Waals surface area (Å²) in [6.45, 7) is 3.76.